The first-order valence-corrected chi connectivity index (χ1v) is 10.6. The quantitative estimate of drug-likeness (QED) is 0.227. The lowest BCUT2D eigenvalue weighted by atomic mass is 10.2. The van der Waals surface area contributed by atoms with Gasteiger partial charge in [-0.3, -0.25) is 5.43 Å². The summed E-state index contributed by atoms with van der Waals surface area (Å²) >= 11 is 0. The first-order chi connectivity index (χ1) is 16.1. The van der Waals surface area contributed by atoms with Crippen LogP contribution in [0.25, 0.3) is 16.7 Å². The predicted molar refractivity (Wildman–Crippen MR) is 130 cm³/mol. The molecular formula is C24H27N7O2. The largest absolute Gasteiger partial charge is 0.497 e. The fourth-order valence-electron chi connectivity index (χ4n) is 3.25. The number of rotatable bonds is 10. The van der Waals surface area contributed by atoms with Crippen molar-refractivity contribution in [3.05, 3.63) is 66.6 Å². The molecule has 0 atom stereocenters. The van der Waals surface area contributed by atoms with Gasteiger partial charge in [0.2, 0.25) is 0 Å². The smallest absolute Gasteiger partial charge is 0.168 e. The van der Waals surface area contributed by atoms with Crippen molar-refractivity contribution >= 4 is 23.1 Å². The number of hydrogen-bond donors (Lipinski definition) is 1. The molecule has 0 bridgehead atoms. The molecule has 0 aliphatic carbocycles. The standard InChI is InChI=1S/C24H27N7O2/c1-30(2)12-5-13-33-20-10-8-18(9-11-20)15-27-29-23-22-16-28-31(24(22)26-17-25-23)19-6-4-7-21(14-19)32-3/h4,6-11,14-17H,5,12-13H2,1-3H3,(H,25,26,29). The van der Waals surface area contributed by atoms with E-state index in [9.17, 15) is 0 Å². The average Bonchev–Trinajstić information content (AvgIpc) is 3.28. The number of benzene rings is 2. The van der Waals surface area contributed by atoms with Crippen LogP contribution in [0.15, 0.2) is 66.2 Å². The second-order valence-electron chi connectivity index (χ2n) is 7.66. The molecule has 0 saturated carbocycles. The maximum atomic E-state index is 5.77. The molecular weight excluding hydrogens is 418 g/mol. The van der Waals surface area contributed by atoms with Crippen molar-refractivity contribution in [2.24, 2.45) is 5.10 Å². The summed E-state index contributed by atoms with van der Waals surface area (Å²) in [5.74, 6) is 2.17. The van der Waals surface area contributed by atoms with Gasteiger partial charge < -0.3 is 14.4 Å². The van der Waals surface area contributed by atoms with Crippen molar-refractivity contribution in [3.63, 3.8) is 0 Å². The van der Waals surface area contributed by atoms with Crippen molar-refractivity contribution in [2.45, 2.75) is 6.42 Å². The molecule has 1 N–H and O–H groups in total. The van der Waals surface area contributed by atoms with Crippen molar-refractivity contribution < 1.29 is 9.47 Å². The Balaban J connectivity index is 1.42. The van der Waals surface area contributed by atoms with E-state index in [1.165, 1.54) is 6.33 Å². The SMILES string of the molecule is COc1cccc(-n2ncc3c(NN=Cc4ccc(OCCCN(C)C)cc4)ncnc32)c1. The van der Waals surface area contributed by atoms with E-state index in [-0.39, 0.29) is 0 Å². The zero-order chi connectivity index (χ0) is 23.0. The average molecular weight is 446 g/mol. The topological polar surface area (TPSA) is 89.7 Å². The predicted octanol–water partition coefficient (Wildman–Crippen LogP) is 3.60. The summed E-state index contributed by atoms with van der Waals surface area (Å²) in [6, 6.07) is 15.4. The number of hydrogen-bond acceptors (Lipinski definition) is 8. The summed E-state index contributed by atoms with van der Waals surface area (Å²) in [5, 5.41) is 9.56. The van der Waals surface area contributed by atoms with Gasteiger partial charge in [0.05, 0.1) is 37.2 Å². The van der Waals surface area contributed by atoms with Gasteiger partial charge in [-0.1, -0.05) is 6.07 Å². The number of ether oxygens (including phenoxy) is 2. The van der Waals surface area contributed by atoms with Gasteiger partial charge in [-0.2, -0.15) is 10.2 Å². The molecule has 0 saturated heterocycles. The van der Waals surface area contributed by atoms with Crippen molar-refractivity contribution in [1.82, 2.24) is 24.6 Å². The summed E-state index contributed by atoms with van der Waals surface area (Å²) in [6.45, 7) is 1.70. The summed E-state index contributed by atoms with van der Waals surface area (Å²) in [5.41, 5.74) is 5.46. The third kappa shape index (κ3) is 5.64. The fraction of sp³-hybridized carbons (Fsp3) is 0.250. The van der Waals surface area contributed by atoms with Gasteiger partial charge in [-0.25, -0.2) is 14.6 Å². The van der Waals surface area contributed by atoms with Crippen LogP contribution in [0.2, 0.25) is 0 Å². The van der Waals surface area contributed by atoms with E-state index < -0.39 is 0 Å². The van der Waals surface area contributed by atoms with E-state index in [1.807, 2.05) is 48.5 Å². The van der Waals surface area contributed by atoms with Crippen LogP contribution in [0, 0.1) is 0 Å². The number of fused-ring (bicyclic) bond motifs is 1. The lowest BCUT2D eigenvalue weighted by Gasteiger charge is -2.10. The molecule has 0 fully saturated rings. The molecule has 170 valence electrons. The molecule has 2 heterocycles. The van der Waals surface area contributed by atoms with Crippen LogP contribution in [-0.4, -0.2) is 65.2 Å². The second-order valence-corrected chi connectivity index (χ2v) is 7.66. The minimum absolute atomic E-state index is 0.575. The van der Waals surface area contributed by atoms with Crippen LogP contribution in [0.4, 0.5) is 5.82 Å². The number of anilines is 1. The highest BCUT2D eigenvalue weighted by Crippen LogP contribution is 2.23. The molecule has 4 aromatic rings. The second kappa shape index (κ2) is 10.6. The van der Waals surface area contributed by atoms with Crippen molar-refractivity contribution in [1.29, 1.82) is 0 Å². The zero-order valence-corrected chi connectivity index (χ0v) is 19.0. The van der Waals surface area contributed by atoms with Gasteiger partial charge in [0.25, 0.3) is 0 Å². The summed E-state index contributed by atoms with van der Waals surface area (Å²) in [7, 11) is 5.75. The number of hydrazone groups is 1. The maximum Gasteiger partial charge on any atom is 0.168 e. The lowest BCUT2D eigenvalue weighted by molar-refractivity contribution is 0.281. The Morgan fingerprint density at radius 2 is 1.94 bits per heavy atom. The Kier molecular flexibility index (Phi) is 7.11. The molecule has 0 aliphatic heterocycles. The first-order valence-electron chi connectivity index (χ1n) is 10.6. The molecule has 33 heavy (non-hydrogen) atoms. The van der Waals surface area contributed by atoms with Gasteiger partial charge in [-0.05, 0) is 62.5 Å². The zero-order valence-electron chi connectivity index (χ0n) is 19.0. The van der Waals surface area contributed by atoms with Gasteiger partial charge in [0.1, 0.15) is 17.8 Å². The lowest BCUT2D eigenvalue weighted by Crippen LogP contribution is -2.15. The summed E-state index contributed by atoms with van der Waals surface area (Å²) in [4.78, 5) is 10.8. The molecule has 0 aliphatic rings. The van der Waals surface area contributed by atoms with Crippen LogP contribution in [0.3, 0.4) is 0 Å². The molecule has 9 heteroatoms. The number of aromatic nitrogens is 4. The van der Waals surface area contributed by atoms with E-state index in [2.05, 4.69) is 44.6 Å². The Morgan fingerprint density at radius 3 is 2.73 bits per heavy atom. The Hall–Kier alpha value is -3.98. The third-order valence-electron chi connectivity index (χ3n) is 4.95. The molecule has 2 aromatic heterocycles. The van der Waals surface area contributed by atoms with Crippen LogP contribution in [-0.2, 0) is 0 Å². The van der Waals surface area contributed by atoms with E-state index in [0.717, 1.165) is 41.1 Å². The number of nitrogens with one attached hydrogen (secondary N) is 1. The highest BCUT2D eigenvalue weighted by molar-refractivity contribution is 5.88. The Labute approximate surface area is 192 Å². The monoisotopic (exact) mass is 445 g/mol. The van der Waals surface area contributed by atoms with E-state index in [4.69, 9.17) is 9.47 Å². The fourth-order valence-corrected chi connectivity index (χ4v) is 3.25. The Bertz CT molecular complexity index is 1220. The maximum absolute atomic E-state index is 5.77. The van der Waals surface area contributed by atoms with E-state index >= 15 is 0 Å². The van der Waals surface area contributed by atoms with Crippen LogP contribution in [0.5, 0.6) is 11.5 Å². The molecule has 0 spiro atoms. The summed E-state index contributed by atoms with van der Waals surface area (Å²) in [6.07, 6.45) is 5.92. The molecule has 0 radical (unpaired) electrons. The van der Waals surface area contributed by atoms with E-state index in [1.54, 1.807) is 24.2 Å². The highest BCUT2D eigenvalue weighted by Gasteiger charge is 2.11. The van der Waals surface area contributed by atoms with Crippen LogP contribution in [0.1, 0.15) is 12.0 Å². The number of nitrogens with zero attached hydrogens (tertiary/aromatic N) is 6. The van der Waals surface area contributed by atoms with Crippen LogP contribution < -0.4 is 14.9 Å². The summed E-state index contributed by atoms with van der Waals surface area (Å²) < 4.78 is 12.8. The molecule has 9 nitrogen and oxygen atoms in total. The first kappa shape index (κ1) is 22.2. The van der Waals surface area contributed by atoms with Crippen molar-refractivity contribution in [2.75, 3.05) is 39.8 Å². The molecule has 0 unspecified atom stereocenters. The minimum Gasteiger partial charge on any atom is -0.497 e. The van der Waals surface area contributed by atoms with E-state index in [0.29, 0.717) is 18.1 Å². The van der Waals surface area contributed by atoms with Gasteiger partial charge in [-0.15, -0.1) is 0 Å². The third-order valence-corrected chi connectivity index (χ3v) is 4.95. The van der Waals surface area contributed by atoms with Crippen molar-refractivity contribution in [3.8, 4) is 17.2 Å². The Morgan fingerprint density at radius 1 is 1.09 bits per heavy atom. The van der Waals surface area contributed by atoms with Gasteiger partial charge in [0, 0.05) is 12.6 Å². The highest BCUT2D eigenvalue weighted by atomic mass is 16.5. The number of methoxy groups -OCH3 is 1. The van der Waals surface area contributed by atoms with Gasteiger partial charge in [0.15, 0.2) is 11.5 Å². The normalized spacial score (nSPS) is 11.4. The van der Waals surface area contributed by atoms with Crippen LogP contribution >= 0.6 is 0 Å². The molecule has 0 amide bonds. The molecule has 4 rings (SSSR count). The minimum atomic E-state index is 0.575. The molecule has 2 aromatic carbocycles. The van der Waals surface area contributed by atoms with Gasteiger partial charge >= 0.3 is 0 Å².